The molecule has 0 radical (unpaired) electrons. The number of unbranched alkanes of at least 4 members (excludes halogenated alkanes) is 16. The lowest BCUT2D eigenvalue weighted by molar-refractivity contribution is -0.150. The molecule has 0 aromatic rings. The van der Waals surface area contributed by atoms with Crippen LogP contribution in [0.4, 0.5) is 0 Å². The van der Waals surface area contributed by atoms with Crippen molar-refractivity contribution in [3.8, 4) is 0 Å². The van der Waals surface area contributed by atoms with Crippen LogP contribution in [0.25, 0.3) is 0 Å². The molecule has 1 saturated heterocycles. The zero-order valence-electron chi connectivity index (χ0n) is 33.4. The molecule has 1 rings (SSSR count). The molecule has 0 aliphatic carbocycles. The third-order valence-corrected chi connectivity index (χ3v) is 10.5. The van der Waals surface area contributed by atoms with Gasteiger partial charge in [-0.15, -0.1) is 0 Å². The van der Waals surface area contributed by atoms with E-state index in [1.807, 2.05) is 7.11 Å². The van der Waals surface area contributed by atoms with Crippen LogP contribution < -0.4 is 0 Å². The molecule has 0 saturated carbocycles. The fourth-order valence-electron chi connectivity index (χ4n) is 7.16. The maximum atomic E-state index is 12.7. The number of piperidine rings is 1. The number of aliphatic hydroxyl groups is 1. The summed E-state index contributed by atoms with van der Waals surface area (Å²) < 4.78 is 11.3. The Morgan fingerprint density at radius 3 is 1.78 bits per heavy atom. The number of likely N-dealkylation sites (tertiary alicyclic amines) is 1. The van der Waals surface area contributed by atoms with Crippen molar-refractivity contribution in [3.05, 3.63) is 0 Å². The first-order chi connectivity index (χ1) is 24.0. The molecule has 6 nitrogen and oxygen atoms in total. The van der Waals surface area contributed by atoms with Crippen molar-refractivity contribution in [2.45, 2.75) is 213 Å². The highest BCUT2D eigenvalue weighted by Gasteiger charge is 2.21. The SMILES string of the molecule is CCCCCCC(CCCC)COC.CCCCCCCCCC(CCCCCCCCC=O)OC(=O)CCC1CCN(CCCO)CC1. The first-order valence-corrected chi connectivity index (χ1v) is 21.5. The molecule has 0 amide bonds. The molecule has 0 aromatic heterocycles. The van der Waals surface area contributed by atoms with Gasteiger partial charge < -0.3 is 24.3 Å². The normalized spacial score (nSPS) is 15.0. The summed E-state index contributed by atoms with van der Waals surface area (Å²) in [6.45, 7) is 11.2. The number of methoxy groups -OCH3 is 1. The summed E-state index contributed by atoms with van der Waals surface area (Å²) in [5.74, 6) is 1.46. The molecule has 1 fully saturated rings. The first-order valence-electron chi connectivity index (χ1n) is 21.5. The van der Waals surface area contributed by atoms with E-state index in [2.05, 4.69) is 25.7 Å². The highest BCUT2D eigenvalue weighted by Crippen LogP contribution is 2.24. The fourth-order valence-corrected chi connectivity index (χ4v) is 7.16. The van der Waals surface area contributed by atoms with Crippen molar-refractivity contribution in [2.24, 2.45) is 11.8 Å². The van der Waals surface area contributed by atoms with E-state index in [1.54, 1.807) is 0 Å². The Labute approximate surface area is 305 Å². The number of rotatable bonds is 34. The van der Waals surface area contributed by atoms with Crippen LogP contribution in [0.5, 0.6) is 0 Å². The van der Waals surface area contributed by atoms with Crippen LogP contribution in [0.15, 0.2) is 0 Å². The molecule has 0 aromatic carbocycles. The van der Waals surface area contributed by atoms with Gasteiger partial charge in [-0.1, -0.05) is 124 Å². The summed E-state index contributed by atoms with van der Waals surface area (Å²) in [5.41, 5.74) is 0. The second kappa shape index (κ2) is 38.3. The molecule has 1 heterocycles. The van der Waals surface area contributed by atoms with E-state index in [1.165, 1.54) is 116 Å². The second-order valence-electron chi connectivity index (χ2n) is 15.1. The van der Waals surface area contributed by atoms with Gasteiger partial charge in [0.25, 0.3) is 0 Å². The van der Waals surface area contributed by atoms with Crippen LogP contribution in [-0.2, 0) is 19.1 Å². The van der Waals surface area contributed by atoms with Gasteiger partial charge in [0, 0.05) is 39.7 Å². The van der Waals surface area contributed by atoms with Crippen molar-refractivity contribution in [3.63, 3.8) is 0 Å². The van der Waals surface area contributed by atoms with Gasteiger partial charge >= 0.3 is 5.97 Å². The summed E-state index contributed by atoms with van der Waals surface area (Å²) in [5, 5.41) is 9.01. The summed E-state index contributed by atoms with van der Waals surface area (Å²) in [6.07, 6.45) is 35.4. The molecule has 49 heavy (non-hydrogen) atoms. The minimum atomic E-state index is 0.00881. The van der Waals surface area contributed by atoms with E-state index in [0.29, 0.717) is 18.8 Å². The average molecular weight is 696 g/mol. The highest BCUT2D eigenvalue weighted by atomic mass is 16.5. The number of ether oxygens (including phenoxy) is 2. The van der Waals surface area contributed by atoms with Crippen molar-refractivity contribution < 1.29 is 24.2 Å². The fraction of sp³-hybridized carbons (Fsp3) is 0.953. The molecular formula is C43H85NO5. The van der Waals surface area contributed by atoms with Crippen molar-refractivity contribution >= 4 is 12.3 Å². The Morgan fingerprint density at radius 2 is 1.22 bits per heavy atom. The standard InChI is InChI=1S/C30H57NO4.C13H28O/c1-2-3-4-5-7-10-13-17-29(18-14-11-8-6-9-12-15-26-32)35-30(34)20-19-28-21-24-31(25-22-28)23-16-27-33;1-4-6-8-9-11-13(12-14-3)10-7-5-2/h26,28-29,33H,2-25,27H2,1H3;13H,4-12H2,1-3H3. The second-order valence-corrected chi connectivity index (χ2v) is 15.1. The lowest BCUT2D eigenvalue weighted by Crippen LogP contribution is -2.35. The van der Waals surface area contributed by atoms with Crippen LogP contribution in [0.3, 0.4) is 0 Å². The number of hydrogen-bond acceptors (Lipinski definition) is 6. The quantitative estimate of drug-likeness (QED) is 0.0410. The number of aldehydes is 1. The Kier molecular flexibility index (Phi) is 37.5. The minimum absolute atomic E-state index is 0.00881. The lowest BCUT2D eigenvalue weighted by Gasteiger charge is -2.31. The molecular weight excluding hydrogens is 610 g/mol. The summed E-state index contributed by atoms with van der Waals surface area (Å²) in [4.78, 5) is 25.5. The largest absolute Gasteiger partial charge is 0.462 e. The number of carbonyl (C=O) groups is 2. The maximum absolute atomic E-state index is 12.7. The Balaban J connectivity index is 0.00000138. The lowest BCUT2D eigenvalue weighted by atomic mass is 9.92. The predicted molar refractivity (Wildman–Crippen MR) is 209 cm³/mol. The molecule has 6 heteroatoms. The zero-order valence-corrected chi connectivity index (χ0v) is 33.4. The van der Waals surface area contributed by atoms with Gasteiger partial charge in [0.15, 0.2) is 0 Å². The van der Waals surface area contributed by atoms with Gasteiger partial charge in [-0.25, -0.2) is 0 Å². The van der Waals surface area contributed by atoms with E-state index in [4.69, 9.17) is 14.6 Å². The smallest absolute Gasteiger partial charge is 0.306 e. The minimum Gasteiger partial charge on any atom is -0.462 e. The first kappa shape index (κ1) is 48.0. The Morgan fingerprint density at radius 1 is 0.714 bits per heavy atom. The van der Waals surface area contributed by atoms with Gasteiger partial charge in [-0.05, 0) is 95.6 Å². The van der Waals surface area contributed by atoms with Gasteiger partial charge in [0.2, 0.25) is 0 Å². The zero-order chi connectivity index (χ0) is 36.0. The Bertz CT molecular complexity index is 681. The molecule has 0 bridgehead atoms. The average Bonchev–Trinajstić information content (AvgIpc) is 3.11. The van der Waals surface area contributed by atoms with Crippen LogP contribution in [-0.4, -0.2) is 68.3 Å². The monoisotopic (exact) mass is 696 g/mol. The van der Waals surface area contributed by atoms with E-state index < -0.39 is 0 Å². The number of carbonyl (C=O) groups excluding carboxylic acids is 2. The number of hydrogen-bond donors (Lipinski definition) is 1. The Hall–Kier alpha value is -0.980. The topological polar surface area (TPSA) is 76.1 Å². The molecule has 292 valence electrons. The third-order valence-electron chi connectivity index (χ3n) is 10.5. The van der Waals surface area contributed by atoms with Gasteiger partial charge in [0.05, 0.1) is 0 Å². The molecule has 1 aliphatic rings. The molecule has 1 N–H and O–H groups in total. The van der Waals surface area contributed by atoms with Gasteiger partial charge in [-0.2, -0.15) is 0 Å². The number of esters is 1. The van der Waals surface area contributed by atoms with Crippen molar-refractivity contribution in [1.29, 1.82) is 0 Å². The number of nitrogens with zero attached hydrogens (tertiary/aromatic N) is 1. The van der Waals surface area contributed by atoms with Crippen molar-refractivity contribution in [2.75, 3.05) is 40.0 Å². The van der Waals surface area contributed by atoms with Crippen LogP contribution >= 0.6 is 0 Å². The molecule has 2 atom stereocenters. The van der Waals surface area contributed by atoms with Gasteiger partial charge in [0.1, 0.15) is 12.4 Å². The summed E-state index contributed by atoms with van der Waals surface area (Å²) in [7, 11) is 1.82. The summed E-state index contributed by atoms with van der Waals surface area (Å²) in [6, 6.07) is 0. The van der Waals surface area contributed by atoms with E-state index >= 15 is 0 Å². The molecule has 1 aliphatic heterocycles. The van der Waals surface area contributed by atoms with E-state index in [0.717, 1.165) is 96.2 Å². The molecule has 2 unspecified atom stereocenters. The summed E-state index contributed by atoms with van der Waals surface area (Å²) >= 11 is 0. The van der Waals surface area contributed by atoms with E-state index in [9.17, 15) is 9.59 Å². The predicted octanol–water partition coefficient (Wildman–Crippen LogP) is 11.6. The third kappa shape index (κ3) is 32.7. The van der Waals surface area contributed by atoms with Crippen LogP contribution in [0.2, 0.25) is 0 Å². The van der Waals surface area contributed by atoms with Crippen LogP contribution in [0, 0.1) is 11.8 Å². The van der Waals surface area contributed by atoms with Crippen LogP contribution in [0.1, 0.15) is 207 Å². The highest BCUT2D eigenvalue weighted by molar-refractivity contribution is 5.69. The van der Waals surface area contributed by atoms with Crippen molar-refractivity contribution in [1.82, 2.24) is 4.90 Å². The van der Waals surface area contributed by atoms with E-state index in [-0.39, 0.29) is 18.7 Å². The maximum Gasteiger partial charge on any atom is 0.306 e. The number of aliphatic hydroxyl groups excluding tert-OH is 1. The molecule has 0 spiro atoms. The van der Waals surface area contributed by atoms with Gasteiger partial charge in [-0.3, -0.25) is 4.79 Å².